The Kier molecular flexibility index (Phi) is 7.53. The molecule has 2 unspecified atom stereocenters. The molecule has 5 heteroatoms. The Morgan fingerprint density at radius 1 is 1.14 bits per heavy atom. The van der Waals surface area contributed by atoms with Crippen molar-refractivity contribution in [1.29, 1.82) is 0 Å². The number of benzene rings is 2. The summed E-state index contributed by atoms with van der Waals surface area (Å²) in [6.07, 6.45) is 1.88. The number of hydrogen-bond acceptors (Lipinski definition) is 4. The molecule has 0 aliphatic carbocycles. The van der Waals surface area contributed by atoms with Crippen molar-refractivity contribution in [2.24, 2.45) is 0 Å². The summed E-state index contributed by atoms with van der Waals surface area (Å²) >= 11 is 0. The van der Waals surface area contributed by atoms with Gasteiger partial charge in [0.2, 0.25) is 0 Å². The van der Waals surface area contributed by atoms with E-state index < -0.39 is 0 Å². The Bertz CT molecular complexity index is 794. The number of nitrogens with zero attached hydrogens (tertiary/aromatic N) is 1. The van der Waals surface area contributed by atoms with E-state index in [0.29, 0.717) is 36.3 Å². The summed E-state index contributed by atoms with van der Waals surface area (Å²) in [6.45, 7) is 9.21. The van der Waals surface area contributed by atoms with Crippen molar-refractivity contribution in [3.63, 3.8) is 0 Å². The number of likely N-dealkylation sites (tertiary alicyclic amines) is 1. The van der Waals surface area contributed by atoms with E-state index in [0.717, 1.165) is 25.9 Å². The molecule has 2 aromatic carbocycles. The van der Waals surface area contributed by atoms with Crippen molar-refractivity contribution >= 4 is 5.91 Å². The zero-order valence-corrected chi connectivity index (χ0v) is 17.7. The van der Waals surface area contributed by atoms with Crippen LogP contribution < -0.4 is 14.8 Å². The van der Waals surface area contributed by atoms with E-state index in [1.807, 2.05) is 25.1 Å². The molecule has 156 valence electrons. The maximum atomic E-state index is 12.8. The van der Waals surface area contributed by atoms with Crippen LogP contribution in [0.3, 0.4) is 0 Å². The second-order valence-electron chi connectivity index (χ2n) is 7.48. The molecule has 1 aliphatic rings. The lowest BCUT2D eigenvalue weighted by molar-refractivity contribution is 0.0936. The lowest BCUT2D eigenvalue weighted by Gasteiger charge is -2.24. The van der Waals surface area contributed by atoms with Gasteiger partial charge in [0.1, 0.15) is 0 Å². The van der Waals surface area contributed by atoms with Crippen molar-refractivity contribution in [3.05, 3.63) is 59.7 Å². The quantitative estimate of drug-likeness (QED) is 0.681. The Hall–Kier alpha value is -2.53. The summed E-state index contributed by atoms with van der Waals surface area (Å²) in [5.74, 6) is 1.25. The van der Waals surface area contributed by atoms with E-state index >= 15 is 0 Å². The van der Waals surface area contributed by atoms with E-state index in [2.05, 4.69) is 48.3 Å². The minimum absolute atomic E-state index is 0.0628. The Morgan fingerprint density at radius 2 is 1.93 bits per heavy atom. The minimum Gasteiger partial charge on any atom is -0.490 e. The van der Waals surface area contributed by atoms with Crippen LogP contribution in [-0.2, 0) is 0 Å². The summed E-state index contributed by atoms with van der Waals surface area (Å²) in [7, 11) is 0. The van der Waals surface area contributed by atoms with Crippen LogP contribution in [0.4, 0.5) is 0 Å². The maximum absolute atomic E-state index is 12.8. The second-order valence-corrected chi connectivity index (χ2v) is 7.48. The van der Waals surface area contributed by atoms with E-state index in [1.165, 1.54) is 5.56 Å². The summed E-state index contributed by atoms with van der Waals surface area (Å²) in [5, 5.41) is 3.19. The van der Waals surface area contributed by atoms with Gasteiger partial charge in [-0.2, -0.15) is 0 Å². The standard InChI is InChI=1S/C24H32N2O3/c1-4-15-29-22-12-11-20(16-23(22)28-5-2)24(27)25-21-13-14-26(17-21)18(3)19-9-7-6-8-10-19/h6-12,16,18,21H,4-5,13-15,17H2,1-3H3,(H,25,27). The van der Waals surface area contributed by atoms with Crippen molar-refractivity contribution in [3.8, 4) is 11.5 Å². The summed E-state index contributed by atoms with van der Waals surface area (Å²) in [4.78, 5) is 15.2. The third-order valence-electron chi connectivity index (χ3n) is 5.35. The maximum Gasteiger partial charge on any atom is 0.251 e. The van der Waals surface area contributed by atoms with Gasteiger partial charge in [-0.05, 0) is 50.5 Å². The van der Waals surface area contributed by atoms with Gasteiger partial charge in [-0.1, -0.05) is 37.3 Å². The molecule has 1 N–H and O–H groups in total. The number of ether oxygens (including phenoxy) is 2. The molecule has 0 aromatic heterocycles. The fourth-order valence-electron chi connectivity index (χ4n) is 3.72. The number of rotatable bonds is 9. The fourth-order valence-corrected chi connectivity index (χ4v) is 3.72. The van der Waals surface area contributed by atoms with Crippen LogP contribution in [0.25, 0.3) is 0 Å². The molecule has 29 heavy (non-hydrogen) atoms. The van der Waals surface area contributed by atoms with E-state index in [1.54, 1.807) is 6.07 Å². The van der Waals surface area contributed by atoms with Crippen LogP contribution in [0.15, 0.2) is 48.5 Å². The monoisotopic (exact) mass is 396 g/mol. The van der Waals surface area contributed by atoms with Crippen LogP contribution in [0, 0.1) is 0 Å². The molecule has 3 rings (SSSR count). The van der Waals surface area contributed by atoms with E-state index in [9.17, 15) is 4.79 Å². The molecule has 0 spiro atoms. The molecule has 5 nitrogen and oxygen atoms in total. The highest BCUT2D eigenvalue weighted by Crippen LogP contribution is 2.29. The number of carbonyl (C=O) groups is 1. The zero-order chi connectivity index (χ0) is 20.6. The van der Waals surface area contributed by atoms with Crippen LogP contribution in [-0.4, -0.2) is 43.2 Å². The van der Waals surface area contributed by atoms with Crippen molar-refractivity contribution in [2.45, 2.75) is 45.7 Å². The highest BCUT2D eigenvalue weighted by molar-refractivity contribution is 5.95. The van der Waals surface area contributed by atoms with Gasteiger partial charge in [0.05, 0.1) is 13.2 Å². The Morgan fingerprint density at radius 3 is 2.66 bits per heavy atom. The highest BCUT2D eigenvalue weighted by Gasteiger charge is 2.28. The van der Waals surface area contributed by atoms with Crippen LogP contribution in [0.1, 0.15) is 55.6 Å². The van der Waals surface area contributed by atoms with Crippen molar-refractivity contribution in [1.82, 2.24) is 10.2 Å². The normalized spacial score (nSPS) is 17.7. The van der Waals surface area contributed by atoms with Gasteiger partial charge in [-0.25, -0.2) is 0 Å². The largest absolute Gasteiger partial charge is 0.490 e. The Balaban J connectivity index is 1.61. The molecule has 1 saturated heterocycles. The molecule has 0 bridgehead atoms. The average Bonchev–Trinajstić information content (AvgIpc) is 3.21. The number of hydrogen-bond donors (Lipinski definition) is 1. The van der Waals surface area contributed by atoms with Gasteiger partial charge in [0.15, 0.2) is 11.5 Å². The first-order valence-electron chi connectivity index (χ1n) is 10.6. The average molecular weight is 397 g/mol. The molecule has 0 saturated carbocycles. The molecule has 2 aromatic rings. The van der Waals surface area contributed by atoms with E-state index in [4.69, 9.17) is 9.47 Å². The first-order chi connectivity index (χ1) is 14.1. The molecule has 2 atom stereocenters. The SMILES string of the molecule is CCCOc1ccc(C(=O)NC2CCN(C(C)c3ccccc3)C2)cc1OCC. The second kappa shape index (κ2) is 10.3. The Labute approximate surface area is 174 Å². The molecule has 1 aliphatic heterocycles. The number of amides is 1. The van der Waals surface area contributed by atoms with Gasteiger partial charge < -0.3 is 14.8 Å². The lowest BCUT2D eigenvalue weighted by atomic mass is 10.1. The highest BCUT2D eigenvalue weighted by atomic mass is 16.5. The predicted molar refractivity (Wildman–Crippen MR) is 116 cm³/mol. The molecular formula is C24H32N2O3. The first kappa shape index (κ1) is 21.2. The van der Waals surface area contributed by atoms with Crippen LogP contribution in [0.5, 0.6) is 11.5 Å². The third-order valence-corrected chi connectivity index (χ3v) is 5.35. The topological polar surface area (TPSA) is 50.8 Å². The summed E-state index contributed by atoms with van der Waals surface area (Å²) in [5.41, 5.74) is 1.91. The number of nitrogens with one attached hydrogen (secondary N) is 1. The van der Waals surface area contributed by atoms with Gasteiger partial charge in [0.25, 0.3) is 5.91 Å². The molecule has 1 heterocycles. The van der Waals surface area contributed by atoms with Crippen LogP contribution in [0.2, 0.25) is 0 Å². The summed E-state index contributed by atoms with van der Waals surface area (Å²) < 4.78 is 11.4. The fraction of sp³-hybridized carbons (Fsp3) is 0.458. The van der Waals surface area contributed by atoms with E-state index in [-0.39, 0.29) is 11.9 Å². The van der Waals surface area contributed by atoms with Gasteiger partial charge in [0, 0.05) is 30.7 Å². The molecular weight excluding hydrogens is 364 g/mol. The third kappa shape index (κ3) is 5.51. The van der Waals surface area contributed by atoms with Crippen LogP contribution >= 0.6 is 0 Å². The molecule has 1 fully saturated rings. The summed E-state index contributed by atoms with van der Waals surface area (Å²) in [6, 6.07) is 16.4. The number of carbonyl (C=O) groups excluding carboxylic acids is 1. The van der Waals surface area contributed by atoms with Gasteiger partial charge in [-0.3, -0.25) is 9.69 Å². The van der Waals surface area contributed by atoms with Crippen molar-refractivity contribution in [2.75, 3.05) is 26.3 Å². The minimum atomic E-state index is -0.0628. The van der Waals surface area contributed by atoms with Gasteiger partial charge >= 0.3 is 0 Å². The predicted octanol–water partition coefficient (Wildman–Crippen LogP) is 4.44. The van der Waals surface area contributed by atoms with Crippen molar-refractivity contribution < 1.29 is 14.3 Å². The lowest BCUT2D eigenvalue weighted by Crippen LogP contribution is -2.37. The first-order valence-corrected chi connectivity index (χ1v) is 10.6. The molecule has 1 amide bonds. The van der Waals surface area contributed by atoms with Gasteiger partial charge in [-0.15, -0.1) is 0 Å². The smallest absolute Gasteiger partial charge is 0.251 e. The molecule has 0 radical (unpaired) electrons. The zero-order valence-electron chi connectivity index (χ0n) is 17.7.